The maximum absolute atomic E-state index is 12.1. The van der Waals surface area contributed by atoms with E-state index in [-0.39, 0.29) is 0 Å². The molecule has 0 aliphatic heterocycles. The van der Waals surface area contributed by atoms with Crippen molar-refractivity contribution >= 4 is 22.5 Å². The largest absolute Gasteiger partial charge is 0.443 e. The quantitative estimate of drug-likeness (QED) is 0.689. The van der Waals surface area contributed by atoms with Gasteiger partial charge in [-0.05, 0) is 26.8 Å². The molecule has 0 spiro atoms. The van der Waals surface area contributed by atoms with E-state index in [1.165, 1.54) is 10.8 Å². The van der Waals surface area contributed by atoms with Gasteiger partial charge in [0.15, 0.2) is 0 Å². The van der Waals surface area contributed by atoms with Crippen molar-refractivity contribution < 1.29 is 14.1 Å². The zero-order chi connectivity index (χ0) is 15.0. The molecule has 0 aliphatic carbocycles. The summed E-state index contributed by atoms with van der Waals surface area (Å²) >= 11 is 0. The Morgan fingerprint density at radius 3 is 2.95 bits per heavy atom. The maximum Gasteiger partial charge on any atom is 0.418 e. The zero-order valence-electron chi connectivity index (χ0n) is 12.0. The lowest BCUT2D eigenvalue weighted by molar-refractivity contribution is 0.0536. The Bertz CT molecular complexity index is 842. The molecule has 0 aromatic carbocycles. The second-order valence-corrected chi connectivity index (χ2v) is 5.63. The van der Waals surface area contributed by atoms with Crippen LogP contribution in [0.2, 0.25) is 0 Å². The minimum atomic E-state index is -0.542. The Balaban J connectivity index is 2.13. The number of aromatic amines is 1. The van der Waals surface area contributed by atoms with Crippen LogP contribution >= 0.6 is 0 Å². The van der Waals surface area contributed by atoms with E-state index in [0.717, 1.165) is 16.4 Å². The van der Waals surface area contributed by atoms with Crippen molar-refractivity contribution in [3.8, 4) is 0 Å². The summed E-state index contributed by atoms with van der Waals surface area (Å²) in [6.45, 7) is 5.49. The highest BCUT2D eigenvalue weighted by atomic mass is 16.6. The number of carbonyl (C=O) groups is 1. The summed E-state index contributed by atoms with van der Waals surface area (Å²) in [6, 6.07) is 1.77. The van der Waals surface area contributed by atoms with Crippen LogP contribution in [-0.4, -0.2) is 31.0 Å². The summed E-state index contributed by atoms with van der Waals surface area (Å²) in [6.07, 6.45) is 7.74. The van der Waals surface area contributed by atoms with Gasteiger partial charge in [-0.2, -0.15) is 5.10 Å². The van der Waals surface area contributed by atoms with Crippen LogP contribution in [0.25, 0.3) is 16.4 Å². The van der Waals surface area contributed by atoms with Crippen molar-refractivity contribution in [1.29, 1.82) is 0 Å². The van der Waals surface area contributed by atoms with Crippen molar-refractivity contribution in [1.82, 2.24) is 19.3 Å². The number of pyridine rings is 1. The Morgan fingerprint density at radius 1 is 1.38 bits per heavy atom. The van der Waals surface area contributed by atoms with Crippen molar-refractivity contribution in [3.63, 3.8) is 0 Å². The second-order valence-electron chi connectivity index (χ2n) is 5.63. The van der Waals surface area contributed by atoms with Crippen LogP contribution < -0.4 is 0 Å². The molecule has 3 aromatic heterocycles. The van der Waals surface area contributed by atoms with Gasteiger partial charge in [0, 0.05) is 17.8 Å². The highest BCUT2D eigenvalue weighted by molar-refractivity contribution is 5.94. The summed E-state index contributed by atoms with van der Waals surface area (Å²) < 4.78 is 13.4. The first-order valence-electron chi connectivity index (χ1n) is 6.52. The summed E-state index contributed by atoms with van der Waals surface area (Å²) in [5.41, 5.74) is 1.02. The molecule has 110 valence electrons. The number of hydrogen-bond donors (Lipinski definition) is 1. The number of aromatic nitrogens is 4. The molecule has 1 N–H and O–H groups in total. The van der Waals surface area contributed by atoms with E-state index in [1.807, 2.05) is 20.8 Å². The van der Waals surface area contributed by atoms with Crippen LogP contribution in [0.4, 0.5) is 4.79 Å². The molecule has 0 fully saturated rings. The van der Waals surface area contributed by atoms with Gasteiger partial charge in [0.1, 0.15) is 11.9 Å². The minimum Gasteiger partial charge on any atom is -0.443 e. The number of H-pyrrole nitrogens is 1. The molecular formula is C14H16N4O3. The monoisotopic (exact) mass is 288 g/mol. The van der Waals surface area contributed by atoms with Crippen molar-refractivity contribution in [2.24, 2.45) is 0 Å². The first kappa shape index (κ1) is 13.3. The second kappa shape index (κ2) is 4.69. The van der Waals surface area contributed by atoms with E-state index in [9.17, 15) is 4.79 Å². The molecule has 0 radical (unpaired) electrons. The van der Waals surface area contributed by atoms with Gasteiger partial charge in [0.2, 0.25) is 0 Å². The SMILES string of the molecule is CC(C)(C)OC(=O)n1ccc2nn3cco[nH]cc3c2c1. The van der Waals surface area contributed by atoms with Gasteiger partial charge in [0.05, 0.1) is 23.4 Å². The molecule has 7 nitrogen and oxygen atoms in total. The molecule has 0 bridgehead atoms. The van der Waals surface area contributed by atoms with Gasteiger partial charge in [-0.3, -0.25) is 4.57 Å². The van der Waals surface area contributed by atoms with Gasteiger partial charge in [0.25, 0.3) is 0 Å². The number of ether oxygens (including phenoxy) is 1. The average Bonchev–Trinajstić information content (AvgIpc) is 2.58. The standard InChI is InChI=1S/C14H16N4O3/c1-14(2,3)21-13(19)17-5-4-11-10(9-17)12-8-15-20-7-6-18(12)16-11/h4-9,15H,1-3H3. The average molecular weight is 288 g/mol. The minimum absolute atomic E-state index is 0.433. The molecule has 21 heavy (non-hydrogen) atoms. The van der Waals surface area contributed by atoms with Crippen molar-refractivity contribution in [3.05, 3.63) is 37.1 Å². The normalized spacial score (nSPS) is 11.8. The number of rotatable bonds is 0. The van der Waals surface area contributed by atoms with Gasteiger partial charge in [-0.25, -0.2) is 14.5 Å². The fraction of sp³-hybridized carbons (Fsp3) is 0.286. The van der Waals surface area contributed by atoms with E-state index in [1.54, 1.807) is 35.4 Å². The molecule has 0 aliphatic rings. The van der Waals surface area contributed by atoms with Crippen molar-refractivity contribution in [2.45, 2.75) is 26.4 Å². The lowest BCUT2D eigenvalue weighted by Crippen LogP contribution is -2.26. The third-order valence-electron chi connectivity index (χ3n) is 2.81. The van der Waals surface area contributed by atoms with E-state index in [2.05, 4.69) is 10.3 Å². The molecule has 3 heterocycles. The Kier molecular flexibility index (Phi) is 2.97. The lowest BCUT2D eigenvalue weighted by atomic mass is 10.2. The summed E-state index contributed by atoms with van der Waals surface area (Å²) in [5, 5.41) is 7.88. The Labute approximate surface area is 120 Å². The molecule has 0 saturated heterocycles. The van der Waals surface area contributed by atoms with Crippen molar-refractivity contribution in [2.75, 3.05) is 0 Å². The molecule has 0 atom stereocenters. The Morgan fingerprint density at radius 2 is 2.19 bits per heavy atom. The highest BCUT2D eigenvalue weighted by Gasteiger charge is 2.17. The van der Waals surface area contributed by atoms with Gasteiger partial charge >= 0.3 is 6.09 Å². The topological polar surface area (TPSA) is 77.5 Å². The van der Waals surface area contributed by atoms with Crippen LogP contribution in [0.15, 0.2) is 41.6 Å². The summed E-state index contributed by atoms with van der Waals surface area (Å²) in [5.74, 6) is 0. The third kappa shape index (κ3) is 2.62. The number of nitrogens with zero attached hydrogens (tertiary/aromatic N) is 3. The van der Waals surface area contributed by atoms with Gasteiger partial charge < -0.3 is 9.26 Å². The van der Waals surface area contributed by atoms with Crippen LogP contribution in [0, 0.1) is 0 Å². The molecule has 3 aromatic rings. The fourth-order valence-corrected chi connectivity index (χ4v) is 1.97. The fourth-order valence-electron chi connectivity index (χ4n) is 1.97. The molecule has 3 rings (SSSR count). The first-order valence-corrected chi connectivity index (χ1v) is 6.52. The smallest absolute Gasteiger partial charge is 0.418 e. The molecule has 0 saturated carbocycles. The van der Waals surface area contributed by atoms with E-state index >= 15 is 0 Å². The number of carbonyl (C=O) groups excluding carboxylic acids is 1. The third-order valence-corrected chi connectivity index (χ3v) is 2.81. The van der Waals surface area contributed by atoms with Gasteiger partial charge in [-0.15, -0.1) is 0 Å². The van der Waals surface area contributed by atoms with Gasteiger partial charge in [-0.1, -0.05) is 0 Å². The van der Waals surface area contributed by atoms with Crippen LogP contribution in [0.1, 0.15) is 20.8 Å². The summed E-state index contributed by atoms with van der Waals surface area (Å²) in [4.78, 5) is 12.1. The predicted molar refractivity (Wildman–Crippen MR) is 76.6 cm³/mol. The van der Waals surface area contributed by atoms with Crippen LogP contribution in [0.3, 0.4) is 0 Å². The highest BCUT2D eigenvalue weighted by Crippen LogP contribution is 2.18. The predicted octanol–water partition coefficient (Wildman–Crippen LogP) is 3.12. The van der Waals surface area contributed by atoms with E-state index in [4.69, 9.17) is 9.26 Å². The first-order chi connectivity index (χ1) is 9.94. The summed E-state index contributed by atoms with van der Waals surface area (Å²) in [7, 11) is 0. The van der Waals surface area contributed by atoms with Crippen LogP contribution in [-0.2, 0) is 4.74 Å². The molecular weight excluding hydrogens is 272 g/mol. The number of hydrogen-bond acceptors (Lipinski definition) is 4. The number of nitrogens with one attached hydrogen (secondary N) is 1. The van der Waals surface area contributed by atoms with Crippen LogP contribution in [0.5, 0.6) is 0 Å². The number of fused-ring (bicyclic) bond motifs is 3. The maximum atomic E-state index is 12.1. The Hall–Kier alpha value is -2.70. The van der Waals surface area contributed by atoms with E-state index in [0.29, 0.717) is 0 Å². The zero-order valence-corrected chi connectivity index (χ0v) is 12.0. The molecule has 7 heteroatoms. The molecule has 0 unspecified atom stereocenters. The van der Waals surface area contributed by atoms with E-state index < -0.39 is 11.7 Å². The lowest BCUT2D eigenvalue weighted by Gasteiger charge is -2.19. The molecule has 0 amide bonds.